The van der Waals surface area contributed by atoms with Gasteiger partial charge in [-0.25, -0.2) is 0 Å². The fraction of sp³-hybridized carbons (Fsp3) is 0.185. The standard InChI is InChI=1S/C27H24N3O3S2/c1-5-30-23(15-22-28(2)19-12-10-16-8-6-7-9-18(16)24(19)33-22)35-25(26(30)31)27-29(3)20-14-17(32-4)11-13-21(20)34-27/h6-15H,5H2,1-4H3/q+1. The van der Waals surface area contributed by atoms with Crippen molar-refractivity contribution >= 4 is 61.8 Å². The summed E-state index contributed by atoms with van der Waals surface area (Å²) in [6.07, 6.45) is 1.98. The van der Waals surface area contributed by atoms with Crippen molar-refractivity contribution < 1.29 is 13.7 Å². The molecule has 0 radical (unpaired) electrons. The molecule has 1 aliphatic heterocycles. The summed E-state index contributed by atoms with van der Waals surface area (Å²) in [4.78, 5) is 16.7. The third-order valence-corrected chi connectivity index (χ3v) is 8.95. The van der Waals surface area contributed by atoms with Crippen LogP contribution in [0.1, 0.15) is 12.8 Å². The average Bonchev–Trinajstić information content (AvgIpc) is 3.49. The van der Waals surface area contributed by atoms with Crippen molar-refractivity contribution in [2.45, 2.75) is 18.4 Å². The number of aryl methyl sites for hydroxylation is 1. The summed E-state index contributed by atoms with van der Waals surface area (Å²) in [5.74, 6) is 1.50. The number of fused-ring (bicyclic) bond motifs is 4. The van der Waals surface area contributed by atoms with Crippen LogP contribution in [0.3, 0.4) is 0 Å². The lowest BCUT2D eigenvalue weighted by Gasteiger charge is -2.13. The van der Waals surface area contributed by atoms with Gasteiger partial charge in [0.25, 0.3) is 11.1 Å². The number of hydrogen-bond acceptors (Lipinski definition) is 6. The predicted molar refractivity (Wildman–Crippen MR) is 143 cm³/mol. The van der Waals surface area contributed by atoms with Gasteiger partial charge in [-0.2, -0.15) is 4.57 Å². The first kappa shape index (κ1) is 22.0. The van der Waals surface area contributed by atoms with Crippen LogP contribution >= 0.6 is 23.1 Å². The minimum Gasteiger partial charge on any atom is -0.497 e. The third-order valence-electron chi connectivity index (χ3n) is 6.47. The molecule has 0 fully saturated rings. The molecule has 2 aromatic heterocycles. The van der Waals surface area contributed by atoms with Gasteiger partial charge in [0, 0.05) is 36.0 Å². The van der Waals surface area contributed by atoms with E-state index in [0.717, 1.165) is 52.4 Å². The fourth-order valence-corrected chi connectivity index (χ4v) is 6.97. The Hall–Kier alpha value is -3.49. The summed E-state index contributed by atoms with van der Waals surface area (Å²) >= 11 is 3.12. The topological polar surface area (TPSA) is 51.5 Å². The van der Waals surface area contributed by atoms with Crippen molar-refractivity contribution in [2.24, 2.45) is 7.05 Å². The molecule has 0 saturated carbocycles. The Morgan fingerprint density at radius 2 is 1.97 bits per heavy atom. The monoisotopic (exact) mass is 502 g/mol. The average molecular weight is 503 g/mol. The number of thiazole rings is 1. The van der Waals surface area contributed by atoms with Crippen molar-refractivity contribution in [3.8, 4) is 5.75 Å². The van der Waals surface area contributed by atoms with Gasteiger partial charge in [0.15, 0.2) is 0 Å². The van der Waals surface area contributed by atoms with Crippen LogP contribution in [0.4, 0.5) is 5.69 Å². The molecular formula is C27H24N3O3S2+. The van der Waals surface area contributed by atoms with E-state index in [9.17, 15) is 4.79 Å². The van der Waals surface area contributed by atoms with E-state index in [1.165, 1.54) is 11.3 Å². The maximum atomic E-state index is 13.5. The van der Waals surface area contributed by atoms with Crippen LogP contribution in [0.15, 0.2) is 68.7 Å². The second-order valence-corrected chi connectivity index (χ2v) is 10.5. The van der Waals surface area contributed by atoms with Crippen molar-refractivity contribution in [1.82, 2.24) is 4.57 Å². The Labute approximate surface area is 210 Å². The van der Waals surface area contributed by atoms with E-state index in [2.05, 4.69) is 29.2 Å². The summed E-state index contributed by atoms with van der Waals surface area (Å²) in [5.41, 5.74) is 2.93. The number of thioether (sulfide) groups is 1. The molecule has 176 valence electrons. The zero-order valence-corrected chi connectivity index (χ0v) is 21.5. The quantitative estimate of drug-likeness (QED) is 0.352. The second-order valence-electron chi connectivity index (χ2n) is 8.40. The highest BCUT2D eigenvalue weighted by Gasteiger charge is 2.26. The smallest absolute Gasteiger partial charge is 0.376 e. The van der Waals surface area contributed by atoms with E-state index in [4.69, 9.17) is 9.15 Å². The van der Waals surface area contributed by atoms with Crippen LogP contribution in [-0.4, -0.2) is 18.7 Å². The lowest BCUT2D eigenvalue weighted by atomic mass is 10.1. The zero-order valence-electron chi connectivity index (χ0n) is 19.9. The van der Waals surface area contributed by atoms with Crippen LogP contribution in [0.25, 0.3) is 33.0 Å². The number of hydrogen-bond donors (Lipinski definition) is 0. The first-order valence-corrected chi connectivity index (χ1v) is 13.0. The minimum atomic E-state index is 0.0158. The number of benzene rings is 3. The van der Waals surface area contributed by atoms with Gasteiger partial charge < -0.3 is 14.1 Å². The Morgan fingerprint density at radius 1 is 1.14 bits per heavy atom. The molecule has 6 nitrogen and oxygen atoms in total. The normalized spacial score (nSPS) is 15.4. The van der Waals surface area contributed by atoms with Crippen LogP contribution in [0.5, 0.6) is 5.75 Å². The Balaban J connectivity index is 1.55. The third kappa shape index (κ3) is 3.39. The molecule has 0 spiro atoms. The molecule has 0 amide bonds. The van der Waals surface area contributed by atoms with Gasteiger partial charge in [-0.3, -0.25) is 9.36 Å². The lowest BCUT2D eigenvalue weighted by molar-refractivity contribution is -0.652. The molecule has 3 heterocycles. The summed E-state index contributed by atoms with van der Waals surface area (Å²) in [6, 6.07) is 18.4. The van der Waals surface area contributed by atoms with Gasteiger partial charge in [0.1, 0.15) is 27.0 Å². The number of methoxy groups -OCH3 is 1. The molecular weight excluding hydrogens is 478 g/mol. The van der Waals surface area contributed by atoms with Crippen molar-refractivity contribution in [1.29, 1.82) is 0 Å². The van der Waals surface area contributed by atoms with E-state index >= 15 is 0 Å². The van der Waals surface area contributed by atoms with Gasteiger partial charge in [0.2, 0.25) is 5.58 Å². The first-order valence-electron chi connectivity index (χ1n) is 11.4. The van der Waals surface area contributed by atoms with E-state index in [0.29, 0.717) is 12.4 Å². The van der Waals surface area contributed by atoms with Gasteiger partial charge in [-0.1, -0.05) is 36.0 Å². The van der Waals surface area contributed by atoms with Gasteiger partial charge in [0.05, 0.1) is 18.9 Å². The maximum Gasteiger partial charge on any atom is 0.376 e. The number of nitrogens with zero attached hydrogens (tertiary/aromatic N) is 3. The highest BCUT2D eigenvalue weighted by atomic mass is 32.2. The highest BCUT2D eigenvalue weighted by Crippen LogP contribution is 2.46. The summed E-state index contributed by atoms with van der Waals surface area (Å²) < 4.78 is 17.2. The molecule has 0 atom stereocenters. The number of anilines is 1. The van der Waals surface area contributed by atoms with Crippen LogP contribution in [-0.2, 0) is 13.6 Å². The molecule has 35 heavy (non-hydrogen) atoms. The summed E-state index contributed by atoms with van der Waals surface area (Å²) in [6.45, 7) is 2.58. The summed E-state index contributed by atoms with van der Waals surface area (Å²) in [5, 5.41) is 3.15. The van der Waals surface area contributed by atoms with Crippen LogP contribution < -0.4 is 29.0 Å². The van der Waals surface area contributed by atoms with Gasteiger partial charge in [-0.05, 0) is 30.5 Å². The van der Waals surface area contributed by atoms with E-state index in [1.807, 2.05) is 66.6 Å². The SMILES string of the molecule is CCn1c(=Cc2oc3c4ccccc4ccc3[n+]2C)sc(=C2Sc3ccc(OC)cc3N2C)c1=O. The van der Waals surface area contributed by atoms with Gasteiger partial charge in [-0.15, -0.1) is 11.3 Å². The van der Waals surface area contributed by atoms with E-state index < -0.39 is 0 Å². The minimum absolute atomic E-state index is 0.0158. The number of aromatic nitrogens is 2. The number of oxazole rings is 1. The maximum absolute atomic E-state index is 13.5. The molecule has 5 aromatic rings. The van der Waals surface area contributed by atoms with Crippen LogP contribution in [0.2, 0.25) is 0 Å². The molecule has 0 saturated heterocycles. The van der Waals surface area contributed by atoms with E-state index in [1.54, 1.807) is 18.9 Å². The molecule has 3 aromatic carbocycles. The number of rotatable bonds is 3. The number of ether oxygens (including phenoxy) is 1. The molecule has 6 rings (SSSR count). The molecule has 8 heteroatoms. The molecule has 0 aliphatic carbocycles. The predicted octanol–water partition coefficient (Wildman–Crippen LogP) is 3.80. The molecule has 1 aliphatic rings. The van der Waals surface area contributed by atoms with Crippen molar-refractivity contribution in [3.63, 3.8) is 0 Å². The Kier molecular flexibility index (Phi) is 5.23. The fourth-order valence-electron chi connectivity index (χ4n) is 4.55. The Morgan fingerprint density at radius 3 is 2.77 bits per heavy atom. The van der Waals surface area contributed by atoms with Crippen LogP contribution in [0, 0.1) is 0 Å². The lowest BCUT2D eigenvalue weighted by Crippen LogP contribution is -2.34. The van der Waals surface area contributed by atoms with Gasteiger partial charge >= 0.3 is 5.89 Å². The molecule has 0 unspecified atom stereocenters. The van der Waals surface area contributed by atoms with Crippen molar-refractivity contribution in [3.05, 3.63) is 80.0 Å². The largest absolute Gasteiger partial charge is 0.497 e. The first-order chi connectivity index (χ1) is 17.0. The highest BCUT2D eigenvalue weighted by molar-refractivity contribution is 8.08. The second kappa shape index (κ2) is 8.32. The Bertz CT molecular complexity index is 1810. The summed E-state index contributed by atoms with van der Waals surface area (Å²) in [7, 11) is 5.65. The van der Waals surface area contributed by atoms with Crippen molar-refractivity contribution in [2.75, 3.05) is 19.1 Å². The zero-order chi connectivity index (χ0) is 24.3. The molecule has 0 bridgehead atoms. The molecule has 0 N–H and O–H groups in total. The van der Waals surface area contributed by atoms with E-state index in [-0.39, 0.29) is 5.56 Å².